The molecule has 0 atom stereocenters. The zero-order valence-electron chi connectivity index (χ0n) is 6.37. The summed E-state index contributed by atoms with van der Waals surface area (Å²) < 4.78 is 4.85. The van der Waals surface area contributed by atoms with E-state index in [4.69, 9.17) is 4.42 Å². The summed E-state index contributed by atoms with van der Waals surface area (Å²) in [6.07, 6.45) is 3.87. The van der Waals surface area contributed by atoms with Gasteiger partial charge in [-0.2, -0.15) is 0 Å². The van der Waals surface area contributed by atoms with Crippen LogP contribution in [0.15, 0.2) is 27.9 Å². The Morgan fingerprint density at radius 1 is 1.73 bits per heavy atom. The molecule has 0 spiro atoms. The van der Waals surface area contributed by atoms with Crippen LogP contribution in [0.2, 0.25) is 0 Å². The van der Waals surface area contributed by atoms with Crippen molar-refractivity contribution in [2.45, 2.75) is 18.2 Å². The van der Waals surface area contributed by atoms with Crippen molar-refractivity contribution in [3.05, 3.63) is 18.6 Å². The lowest BCUT2D eigenvalue weighted by atomic mass is 10.4. The normalized spacial score (nSPS) is 9.91. The van der Waals surface area contributed by atoms with Crippen molar-refractivity contribution < 1.29 is 9.21 Å². The highest BCUT2D eigenvalue weighted by Gasteiger charge is 2.00. The second-order valence-corrected chi connectivity index (χ2v) is 3.19. The van der Waals surface area contributed by atoms with E-state index in [9.17, 15) is 4.79 Å². The summed E-state index contributed by atoms with van der Waals surface area (Å²) >= 11 is 1.52. The standard InChI is InChI=1S/C8H10O2S/c1-2-7(9)6-11-8-3-4-10-5-8/h3-5H,2,6H2,1H3. The van der Waals surface area contributed by atoms with Gasteiger partial charge in [0.25, 0.3) is 0 Å². The Morgan fingerprint density at radius 3 is 3.09 bits per heavy atom. The maximum Gasteiger partial charge on any atom is 0.142 e. The number of thioether (sulfide) groups is 1. The molecule has 2 nitrogen and oxygen atoms in total. The van der Waals surface area contributed by atoms with E-state index in [2.05, 4.69) is 0 Å². The summed E-state index contributed by atoms with van der Waals surface area (Å²) in [5.41, 5.74) is 0. The van der Waals surface area contributed by atoms with E-state index < -0.39 is 0 Å². The summed E-state index contributed by atoms with van der Waals surface area (Å²) in [6.45, 7) is 1.87. The number of hydrogen-bond acceptors (Lipinski definition) is 3. The zero-order chi connectivity index (χ0) is 8.10. The third-order valence-corrected chi connectivity index (χ3v) is 2.32. The van der Waals surface area contributed by atoms with Crippen LogP contribution in [0.1, 0.15) is 13.3 Å². The van der Waals surface area contributed by atoms with Gasteiger partial charge in [0.1, 0.15) is 12.0 Å². The third kappa shape index (κ3) is 2.80. The van der Waals surface area contributed by atoms with Crippen molar-refractivity contribution in [2.75, 3.05) is 5.75 Å². The number of ketones is 1. The zero-order valence-corrected chi connectivity index (χ0v) is 7.19. The van der Waals surface area contributed by atoms with Crippen LogP contribution < -0.4 is 0 Å². The second-order valence-electron chi connectivity index (χ2n) is 2.14. The first kappa shape index (κ1) is 8.40. The van der Waals surface area contributed by atoms with Gasteiger partial charge >= 0.3 is 0 Å². The molecule has 0 bridgehead atoms. The lowest BCUT2D eigenvalue weighted by molar-refractivity contribution is -0.116. The Hall–Kier alpha value is -0.700. The highest BCUT2D eigenvalue weighted by Crippen LogP contribution is 2.17. The molecule has 0 aliphatic rings. The fourth-order valence-corrected chi connectivity index (χ4v) is 1.41. The minimum absolute atomic E-state index is 0.274. The highest BCUT2D eigenvalue weighted by molar-refractivity contribution is 8.00. The van der Waals surface area contributed by atoms with Crippen molar-refractivity contribution in [3.8, 4) is 0 Å². The average molecular weight is 170 g/mol. The molecule has 0 amide bonds. The van der Waals surface area contributed by atoms with Crippen LogP contribution in [0.3, 0.4) is 0 Å². The van der Waals surface area contributed by atoms with Gasteiger partial charge in [-0.25, -0.2) is 0 Å². The molecule has 3 heteroatoms. The van der Waals surface area contributed by atoms with E-state index in [1.807, 2.05) is 13.0 Å². The third-order valence-electron chi connectivity index (χ3n) is 1.29. The molecule has 0 saturated heterocycles. The summed E-state index contributed by atoms with van der Waals surface area (Å²) in [7, 11) is 0. The van der Waals surface area contributed by atoms with E-state index in [1.165, 1.54) is 11.8 Å². The van der Waals surface area contributed by atoms with Crippen molar-refractivity contribution in [1.29, 1.82) is 0 Å². The number of carbonyl (C=O) groups is 1. The van der Waals surface area contributed by atoms with Crippen molar-refractivity contribution >= 4 is 17.5 Å². The molecule has 1 aromatic heterocycles. The van der Waals surface area contributed by atoms with Gasteiger partial charge in [-0.3, -0.25) is 4.79 Å². The van der Waals surface area contributed by atoms with Gasteiger partial charge in [0.2, 0.25) is 0 Å². The van der Waals surface area contributed by atoms with Crippen molar-refractivity contribution in [1.82, 2.24) is 0 Å². The number of furan rings is 1. The van der Waals surface area contributed by atoms with Crippen LogP contribution in [-0.4, -0.2) is 11.5 Å². The van der Waals surface area contributed by atoms with Gasteiger partial charge < -0.3 is 4.42 Å². The molecule has 0 N–H and O–H groups in total. The Balaban J connectivity index is 2.29. The first-order valence-electron chi connectivity index (χ1n) is 3.49. The Kier molecular flexibility index (Phi) is 3.23. The molecule has 1 rings (SSSR count). The molecule has 0 radical (unpaired) electrons. The molecule has 0 aliphatic carbocycles. The molecular weight excluding hydrogens is 160 g/mol. The van der Waals surface area contributed by atoms with Gasteiger partial charge in [-0.15, -0.1) is 11.8 Å². The Bertz CT molecular complexity index is 216. The van der Waals surface area contributed by atoms with E-state index in [1.54, 1.807) is 12.5 Å². The van der Waals surface area contributed by atoms with Crippen molar-refractivity contribution in [3.63, 3.8) is 0 Å². The van der Waals surface area contributed by atoms with Crippen molar-refractivity contribution in [2.24, 2.45) is 0 Å². The topological polar surface area (TPSA) is 30.2 Å². The van der Waals surface area contributed by atoms with Crippen LogP contribution in [-0.2, 0) is 4.79 Å². The summed E-state index contributed by atoms with van der Waals surface area (Å²) in [5, 5.41) is 0. The summed E-state index contributed by atoms with van der Waals surface area (Å²) in [4.78, 5) is 11.9. The van der Waals surface area contributed by atoms with Gasteiger partial charge in [-0.1, -0.05) is 6.92 Å². The molecule has 0 aliphatic heterocycles. The highest BCUT2D eigenvalue weighted by atomic mass is 32.2. The molecule has 11 heavy (non-hydrogen) atoms. The van der Waals surface area contributed by atoms with Gasteiger partial charge in [-0.05, 0) is 6.07 Å². The number of rotatable bonds is 4. The van der Waals surface area contributed by atoms with Gasteiger partial charge in [0.15, 0.2) is 0 Å². The fourth-order valence-electron chi connectivity index (χ4n) is 0.600. The minimum atomic E-state index is 0.274. The number of hydrogen-bond donors (Lipinski definition) is 0. The number of carbonyl (C=O) groups excluding carboxylic acids is 1. The van der Waals surface area contributed by atoms with Crippen LogP contribution >= 0.6 is 11.8 Å². The maximum atomic E-state index is 10.9. The Labute approximate surface area is 70.0 Å². The van der Waals surface area contributed by atoms with Crippen LogP contribution in [0.4, 0.5) is 0 Å². The summed E-state index contributed by atoms with van der Waals surface area (Å²) in [5.74, 6) is 0.826. The Morgan fingerprint density at radius 2 is 2.55 bits per heavy atom. The minimum Gasteiger partial charge on any atom is -0.471 e. The average Bonchev–Trinajstić information content (AvgIpc) is 2.52. The molecule has 0 fully saturated rings. The predicted octanol–water partition coefficient (Wildman–Crippen LogP) is 2.35. The smallest absolute Gasteiger partial charge is 0.142 e. The predicted molar refractivity (Wildman–Crippen MR) is 44.7 cm³/mol. The summed E-state index contributed by atoms with van der Waals surface area (Å²) in [6, 6.07) is 1.85. The van der Waals surface area contributed by atoms with E-state index in [-0.39, 0.29) is 5.78 Å². The van der Waals surface area contributed by atoms with Gasteiger partial charge in [0.05, 0.1) is 12.0 Å². The first-order valence-corrected chi connectivity index (χ1v) is 4.48. The quantitative estimate of drug-likeness (QED) is 0.650. The second kappa shape index (κ2) is 4.23. The van der Waals surface area contributed by atoms with Crippen LogP contribution in [0.5, 0.6) is 0 Å². The molecule has 0 aromatic carbocycles. The monoisotopic (exact) mass is 170 g/mol. The lowest BCUT2D eigenvalue weighted by Gasteiger charge is -1.93. The largest absolute Gasteiger partial charge is 0.471 e. The molecule has 1 aromatic rings. The molecule has 1 heterocycles. The van der Waals surface area contributed by atoms with E-state index in [0.717, 1.165) is 4.90 Å². The molecule has 60 valence electrons. The van der Waals surface area contributed by atoms with Crippen LogP contribution in [0, 0.1) is 0 Å². The lowest BCUT2D eigenvalue weighted by Crippen LogP contribution is -1.97. The van der Waals surface area contributed by atoms with E-state index in [0.29, 0.717) is 12.2 Å². The molecule has 0 saturated carbocycles. The number of Topliss-reactive ketones (excluding diaryl/α,β-unsaturated/α-hetero) is 1. The maximum absolute atomic E-state index is 10.9. The first-order chi connectivity index (χ1) is 5.33. The van der Waals surface area contributed by atoms with Gasteiger partial charge in [0, 0.05) is 11.3 Å². The SMILES string of the molecule is CCC(=O)CSc1ccoc1. The molecular formula is C8H10O2S. The molecule has 0 unspecified atom stereocenters. The fraction of sp³-hybridized carbons (Fsp3) is 0.375. The van der Waals surface area contributed by atoms with E-state index >= 15 is 0 Å². The van der Waals surface area contributed by atoms with Crippen LogP contribution in [0.25, 0.3) is 0 Å².